The van der Waals surface area contributed by atoms with Gasteiger partial charge in [0.2, 0.25) is 0 Å². The van der Waals surface area contributed by atoms with Gasteiger partial charge in [0.25, 0.3) is 0 Å². The SMILES string of the molecule is CN=C(NCC1CCCO1)NC1CCc2nc(COC)nn2C1.I. The number of methoxy groups -OCH3 is 1. The topological polar surface area (TPSA) is 85.6 Å². The van der Waals surface area contributed by atoms with Crippen molar-refractivity contribution in [2.24, 2.45) is 4.99 Å². The van der Waals surface area contributed by atoms with Crippen LogP contribution in [0.3, 0.4) is 0 Å². The quantitative estimate of drug-likeness (QED) is 0.391. The zero-order valence-corrected chi connectivity index (χ0v) is 16.7. The minimum atomic E-state index is 0. The molecule has 24 heavy (non-hydrogen) atoms. The van der Waals surface area contributed by atoms with Crippen molar-refractivity contribution in [2.45, 2.75) is 51.0 Å². The van der Waals surface area contributed by atoms with Gasteiger partial charge in [-0.25, -0.2) is 9.67 Å². The number of nitrogens with zero attached hydrogens (tertiary/aromatic N) is 4. The molecule has 2 N–H and O–H groups in total. The third-order valence-electron chi connectivity index (χ3n) is 4.26. The van der Waals surface area contributed by atoms with Crippen molar-refractivity contribution in [3.63, 3.8) is 0 Å². The fraction of sp³-hybridized carbons (Fsp3) is 0.800. The molecule has 2 aliphatic heterocycles. The number of aliphatic imine (C=N–C) groups is 1. The van der Waals surface area contributed by atoms with Crippen molar-refractivity contribution < 1.29 is 9.47 Å². The van der Waals surface area contributed by atoms with Gasteiger partial charge in [0.05, 0.1) is 12.6 Å². The minimum Gasteiger partial charge on any atom is -0.377 e. The van der Waals surface area contributed by atoms with Gasteiger partial charge in [0, 0.05) is 39.8 Å². The van der Waals surface area contributed by atoms with Crippen LogP contribution in [0.1, 0.15) is 30.9 Å². The lowest BCUT2D eigenvalue weighted by molar-refractivity contribution is 0.113. The van der Waals surface area contributed by atoms with Gasteiger partial charge in [-0.1, -0.05) is 0 Å². The van der Waals surface area contributed by atoms with E-state index in [0.29, 0.717) is 18.8 Å². The molecular formula is C15H27IN6O2. The lowest BCUT2D eigenvalue weighted by Gasteiger charge is -2.25. The molecule has 0 radical (unpaired) electrons. The van der Waals surface area contributed by atoms with Gasteiger partial charge in [-0.2, -0.15) is 5.10 Å². The highest BCUT2D eigenvalue weighted by molar-refractivity contribution is 14.0. The summed E-state index contributed by atoms with van der Waals surface area (Å²) in [6, 6.07) is 0.301. The van der Waals surface area contributed by atoms with Gasteiger partial charge in [-0.15, -0.1) is 24.0 Å². The van der Waals surface area contributed by atoms with Crippen LogP contribution >= 0.6 is 24.0 Å². The second-order valence-electron chi connectivity index (χ2n) is 6.03. The highest BCUT2D eigenvalue weighted by atomic mass is 127. The Morgan fingerprint density at radius 2 is 2.33 bits per heavy atom. The molecule has 1 aromatic rings. The molecule has 8 nitrogen and oxygen atoms in total. The molecule has 136 valence electrons. The van der Waals surface area contributed by atoms with Gasteiger partial charge in [-0.3, -0.25) is 4.99 Å². The van der Waals surface area contributed by atoms with E-state index in [9.17, 15) is 0 Å². The molecule has 1 aromatic heterocycles. The molecule has 0 saturated carbocycles. The molecule has 2 unspecified atom stereocenters. The predicted molar refractivity (Wildman–Crippen MR) is 102 cm³/mol. The van der Waals surface area contributed by atoms with Crippen molar-refractivity contribution in [3.8, 4) is 0 Å². The summed E-state index contributed by atoms with van der Waals surface area (Å²) in [5.41, 5.74) is 0. The van der Waals surface area contributed by atoms with Crippen LogP contribution in [0.25, 0.3) is 0 Å². The summed E-state index contributed by atoms with van der Waals surface area (Å²) in [4.78, 5) is 8.81. The summed E-state index contributed by atoms with van der Waals surface area (Å²) in [6.45, 7) is 2.94. The molecule has 0 bridgehead atoms. The molecule has 3 rings (SSSR count). The molecule has 0 spiro atoms. The Morgan fingerprint density at radius 3 is 3.04 bits per heavy atom. The molecule has 1 saturated heterocycles. The summed E-state index contributed by atoms with van der Waals surface area (Å²) in [5.74, 6) is 2.62. The van der Waals surface area contributed by atoms with Crippen LogP contribution in [-0.2, 0) is 29.0 Å². The maximum Gasteiger partial charge on any atom is 0.191 e. The molecule has 2 aliphatic rings. The standard InChI is InChI=1S/C15H26N6O2.HI/c1-16-15(17-8-12-4-3-7-23-12)18-11-5-6-14-19-13(10-22-2)20-21(14)9-11;/h11-12H,3-10H2,1-2H3,(H2,16,17,18);1H. The summed E-state index contributed by atoms with van der Waals surface area (Å²) in [5, 5.41) is 11.3. The molecule has 0 aliphatic carbocycles. The Kier molecular flexibility index (Phi) is 7.69. The van der Waals surface area contributed by atoms with Crippen LogP contribution in [-0.4, -0.2) is 60.2 Å². The lowest BCUT2D eigenvalue weighted by Crippen LogP contribution is -2.48. The van der Waals surface area contributed by atoms with Crippen LogP contribution in [0, 0.1) is 0 Å². The smallest absolute Gasteiger partial charge is 0.191 e. The number of aromatic nitrogens is 3. The van der Waals surface area contributed by atoms with E-state index in [-0.39, 0.29) is 24.0 Å². The number of halogens is 1. The van der Waals surface area contributed by atoms with Crippen LogP contribution in [0.5, 0.6) is 0 Å². The molecule has 9 heteroatoms. The number of ether oxygens (including phenoxy) is 2. The van der Waals surface area contributed by atoms with Crippen LogP contribution in [0.15, 0.2) is 4.99 Å². The van der Waals surface area contributed by atoms with Crippen LogP contribution in [0.4, 0.5) is 0 Å². The third-order valence-corrected chi connectivity index (χ3v) is 4.26. The Labute approximate surface area is 159 Å². The van der Waals surface area contributed by atoms with E-state index >= 15 is 0 Å². The molecule has 3 heterocycles. The van der Waals surface area contributed by atoms with E-state index in [4.69, 9.17) is 9.47 Å². The molecule has 0 aromatic carbocycles. The van der Waals surface area contributed by atoms with Crippen molar-refractivity contribution in [1.82, 2.24) is 25.4 Å². The first kappa shape index (κ1) is 19.4. The van der Waals surface area contributed by atoms with Crippen LogP contribution in [0.2, 0.25) is 0 Å². The van der Waals surface area contributed by atoms with E-state index in [1.165, 1.54) is 0 Å². The second kappa shape index (κ2) is 9.52. The Hall–Kier alpha value is -0.940. The number of aryl methyl sites for hydroxylation is 1. The monoisotopic (exact) mass is 450 g/mol. The number of fused-ring (bicyclic) bond motifs is 1. The van der Waals surface area contributed by atoms with Gasteiger partial charge >= 0.3 is 0 Å². The van der Waals surface area contributed by atoms with Gasteiger partial charge in [0.15, 0.2) is 11.8 Å². The number of nitrogens with one attached hydrogen (secondary N) is 2. The molecule has 1 fully saturated rings. The van der Waals surface area contributed by atoms with E-state index in [0.717, 1.165) is 63.0 Å². The first-order valence-corrected chi connectivity index (χ1v) is 8.29. The van der Waals surface area contributed by atoms with Crippen LogP contribution < -0.4 is 10.6 Å². The first-order chi connectivity index (χ1) is 11.3. The number of hydrogen-bond donors (Lipinski definition) is 2. The number of hydrogen-bond acceptors (Lipinski definition) is 5. The minimum absolute atomic E-state index is 0. The molecular weight excluding hydrogens is 423 g/mol. The maximum absolute atomic E-state index is 5.63. The summed E-state index contributed by atoms with van der Waals surface area (Å²) in [7, 11) is 3.46. The predicted octanol–water partition coefficient (Wildman–Crippen LogP) is 0.701. The van der Waals surface area contributed by atoms with Crippen molar-refractivity contribution in [1.29, 1.82) is 0 Å². The molecule has 2 atom stereocenters. The van der Waals surface area contributed by atoms with Crippen molar-refractivity contribution in [2.75, 3.05) is 27.3 Å². The average Bonchev–Trinajstić information content (AvgIpc) is 3.20. The largest absolute Gasteiger partial charge is 0.377 e. The average molecular weight is 450 g/mol. The van der Waals surface area contributed by atoms with Gasteiger partial charge in [-0.05, 0) is 19.3 Å². The maximum atomic E-state index is 5.63. The summed E-state index contributed by atoms with van der Waals surface area (Å²) in [6.07, 6.45) is 4.51. The Balaban J connectivity index is 0.00000208. The van der Waals surface area contributed by atoms with E-state index in [1.54, 1.807) is 14.2 Å². The first-order valence-electron chi connectivity index (χ1n) is 8.29. The zero-order valence-electron chi connectivity index (χ0n) is 14.3. The highest BCUT2D eigenvalue weighted by Crippen LogP contribution is 2.14. The summed E-state index contributed by atoms with van der Waals surface area (Å²) < 4.78 is 12.7. The van der Waals surface area contributed by atoms with Gasteiger partial charge in [0.1, 0.15) is 12.4 Å². The zero-order chi connectivity index (χ0) is 16.1. The fourth-order valence-electron chi connectivity index (χ4n) is 3.07. The van der Waals surface area contributed by atoms with E-state index in [1.807, 2.05) is 4.68 Å². The Bertz CT molecular complexity index is 544. The molecule has 0 amide bonds. The van der Waals surface area contributed by atoms with Gasteiger partial charge < -0.3 is 20.1 Å². The normalized spacial score (nSPS) is 23.5. The summed E-state index contributed by atoms with van der Waals surface area (Å²) >= 11 is 0. The number of rotatable bonds is 5. The van der Waals surface area contributed by atoms with E-state index < -0.39 is 0 Å². The lowest BCUT2D eigenvalue weighted by atomic mass is 10.1. The highest BCUT2D eigenvalue weighted by Gasteiger charge is 2.23. The van der Waals surface area contributed by atoms with E-state index in [2.05, 4.69) is 25.7 Å². The Morgan fingerprint density at radius 1 is 1.46 bits per heavy atom. The van der Waals surface area contributed by atoms with Crippen molar-refractivity contribution >= 4 is 29.9 Å². The van der Waals surface area contributed by atoms with Crippen molar-refractivity contribution in [3.05, 3.63) is 11.6 Å². The third kappa shape index (κ3) is 5.03. The fourth-order valence-corrected chi connectivity index (χ4v) is 3.07. The second-order valence-corrected chi connectivity index (χ2v) is 6.03. The number of guanidine groups is 1.